The van der Waals surface area contributed by atoms with E-state index in [0.717, 1.165) is 82.6 Å². The Balaban J connectivity index is 0. The van der Waals surface area contributed by atoms with Crippen LogP contribution in [0.2, 0.25) is 0 Å². The number of unbranched alkanes of at least 4 members (excludes halogenated alkanes) is 8. The van der Waals surface area contributed by atoms with Gasteiger partial charge in [0.05, 0.1) is 5.57 Å². The number of hydrogen-bond donors (Lipinski definition) is 0. The summed E-state index contributed by atoms with van der Waals surface area (Å²) >= 11 is 0. The van der Waals surface area contributed by atoms with Crippen LogP contribution in [0.25, 0.3) is 11.1 Å². The Hall–Kier alpha value is -2.17. The summed E-state index contributed by atoms with van der Waals surface area (Å²) in [4.78, 5) is 3.52. The first kappa shape index (κ1) is 50.9. The van der Waals surface area contributed by atoms with E-state index in [2.05, 4.69) is 102 Å². The van der Waals surface area contributed by atoms with Gasteiger partial charge < -0.3 is 19.4 Å². The molecule has 0 fully saturated rings. The first-order valence-electron chi connectivity index (χ1n) is 20.9. The fraction of sp³-hybridized carbons (Fsp3) is 0.625. The van der Waals surface area contributed by atoms with Crippen molar-refractivity contribution in [1.29, 1.82) is 0 Å². The van der Waals surface area contributed by atoms with Crippen LogP contribution in [0.3, 0.4) is 0 Å². The molecule has 0 atom stereocenters. The Morgan fingerprint density at radius 2 is 0.843 bits per heavy atom. The van der Waals surface area contributed by atoms with Crippen molar-refractivity contribution >= 4 is 11.4 Å². The molecule has 2 aromatic rings. The third-order valence-corrected chi connectivity index (χ3v) is 8.87. The van der Waals surface area contributed by atoms with Crippen LogP contribution < -0.4 is 0 Å². The fourth-order valence-electron chi connectivity index (χ4n) is 6.29. The van der Waals surface area contributed by atoms with E-state index < -0.39 is 0 Å². The van der Waals surface area contributed by atoms with Gasteiger partial charge in [0.15, 0.2) is 0 Å². The predicted octanol–water partition coefficient (Wildman–Crippen LogP) is 15.3. The minimum atomic E-state index is 0. The maximum atomic E-state index is 9.82. The predicted molar refractivity (Wildman–Crippen MR) is 225 cm³/mol. The molecule has 0 amide bonds. The zero-order valence-corrected chi connectivity index (χ0v) is 35.6. The molecule has 290 valence electrons. The van der Waals surface area contributed by atoms with E-state index in [1.165, 1.54) is 109 Å². The van der Waals surface area contributed by atoms with Crippen molar-refractivity contribution in [2.75, 3.05) is 0 Å². The smallest absolute Gasteiger partial charge is 0.348 e. The van der Waals surface area contributed by atoms with Gasteiger partial charge in [-0.3, -0.25) is 0 Å². The number of aryl methyl sites for hydroxylation is 4. The molecule has 2 rings (SSSR count). The van der Waals surface area contributed by atoms with E-state index in [9.17, 15) is 5.53 Å². The number of hydrogen-bond acceptors (Lipinski definition) is 0. The molecule has 0 heterocycles. The van der Waals surface area contributed by atoms with Crippen LogP contribution in [-0.4, -0.2) is 10.7 Å². The maximum Gasteiger partial charge on any atom is 2.00 e. The van der Waals surface area contributed by atoms with Crippen molar-refractivity contribution in [3.05, 3.63) is 100 Å². The zero-order valence-electron chi connectivity index (χ0n) is 34.6. The number of allylic oxidation sites excluding steroid dienone is 2. The molecule has 0 bridgehead atoms. The summed E-state index contributed by atoms with van der Waals surface area (Å²) in [5, 5.41) is 0. The van der Waals surface area contributed by atoms with E-state index in [1.54, 1.807) is 0 Å². The Bertz CT molecular complexity index is 1200. The van der Waals surface area contributed by atoms with Gasteiger partial charge in [0.1, 0.15) is 0 Å². The maximum absolute atomic E-state index is 9.82. The molecule has 0 saturated carbocycles. The average Bonchev–Trinajstić information content (AvgIpc) is 3.11. The fourth-order valence-corrected chi connectivity index (χ4v) is 6.29. The van der Waals surface area contributed by atoms with Gasteiger partial charge in [-0.25, -0.2) is 0 Å². The summed E-state index contributed by atoms with van der Waals surface area (Å²) in [6, 6.07) is 14.9. The SMILES string of the molecule is CCCCCc1cc(CCCCC)cc(C(=C(CCCC)C(=C=[N+]=[N-])CCCC)c2cc(CCCC)cc(CCCC)c2)c1.[CH2-]CC.[CH2-]CC.[Ni+2]. The van der Waals surface area contributed by atoms with E-state index in [-0.39, 0.29) is 16.5 Å². The van der Waals surface area contributed by atoms with E-state index >= 15 is 0 Å². The van der Waals surface area contributed by atoms with Gasteiger partial charge in [-0.15, -0.1) is 4.79 Å². The van der Waals surface area contributed by atoms with Crippen molar-refractivity contribution in [1.82, 2.24) is 0 Å². The molecular weight excluding hydrogens is 663 g/mol. The molecule has 51 heavy (non-hydrogen) atoms. The number of nitrogens with zero attached hydrogens (tertiary/aromatic N) is 2. The second kappa shape index (κ2) is 34.9. The molecule has 0 N–H and O–H groups in total. The second-order valence-electron chi connectivity index (χ2n) is 13.9. The third kappa shape index (κ3) is 22.5. The van der Waals surface area contributed by atoms with Crippen LogP contribution in [0, 0.1) is 13.8 Å². The summed E-state index contributed by atoms with van der Waals surface area (Å²) < 4.78 is 0. The van der Waals surface area contributed by atoms with Crippen LogP contribution in [-0.2, 0) is 42.2 Å². The molecule has 2 aromatic carbocycles. The summed E-state index contributed by atoms with van der Waals surface area (Å²) in [5.41, 5.74) is 22.1. The Morgan fingerprint density at radius 1 is 0.510 bits per heavy atom. The molecule has 0 unspecified atom stereocenters. The van der Waals surface area contributed by atoms with Gasteiger partial charge in [-0.2, -0.15) is 12.8 Å². The van der Waals surface area contributed by atoms with Crippen LogP contribution in [0.1, 0.15) is 204 Å². The molecule has 0 aliphatic heterocycles. The topological polar surface area (TPSA) is 36.4 Å². The molecule has 0 aromatic heterocycles. The van der Waals surface area contributed by atoms with Crippen LogP contribution in [0.15, 0.2) is 47.5 Å². The average molecular weight is 742 g/mol. The molecule has 0 aliphatic rings. The molecule has 2 nitrogen and oxygen atoms in total. The first-order valence-corrected chi connectivity index (χ1v) is 20.9. The second-order valence-corrected chi connectivity index (χ2v) is 13.9. The summed E-state index contributed by atoms with van der Waals surface area (Å²) in [5.74, 6) is 3.10. The monoisotopic (exact) mass is 741 g/mol. The van der Waals surface area contributed by atoms with Gasteiger partial charge >= 0.3 is 22.4 Å². The number of benzene rings is 2. The quantitative estimate of drug-likeness (QED) is 0.0207. The Kier molecular flexibility index (Phi) is 34.9. The molecule has 0 spiro atoms. The standard InChI is InChI=1S/C42H64N2.2C3H7.Ni/c1-7-13-19-23-36-28-37(24-20-14-8-2)32-40(31-36)42(41(26-18-12-6)38(33-44-43)25-17-11-5)39-29-34(21-15-9-3)27-35(30-39)22-16-10-4;2*1-3-2;/h27-32H,7-26H2,1-6H3;2*1,3H2,2H3;/q;2*-1;+2. The minimum absolute atomic E-state index is 0. The van der Waals surface area contributed by atoms with Crippen LogP contribution in [0.4, 0.5) is 0 Å². The van der Waals surface area contributed by atoms with Gasteiger partial charge in [-0.05, 0) is 122 Å². The summed E-state index contributed by atoms with van der Waals surface area (Å²) in [7, 11) is 0. The Labute approximate surface area is 328 Å². The molecule has 0 saturated heterocycles. The van der Waals surface area contributed by atoms with E-state index in [0.29, 0.717) is 0 Å². The van der Waals surface area contributed by atoms with Crippen molar-refractivity contribution in [2.24, 2.45) is 0 Å². The third-order valence-electron chi connectivity index (χ3n) is 8.87. The molecule has 0 radical (unpaired) electrons. The first-order chi connectivity index (χ1) is 24.4. The van der Waals surface area contributed by atoms with Gasteiger partial charge in [0, 0.05) is 0 Å². The van der Waals surface area contributed by atoms with Gasteiger partial charge in [0.25, 0.3) is 0 Å². The molecule has 3 heteroatoms. The van der Waals surface area contributed by atoms with Crippen LogP contribution >= 0.6 is 0 Å². The zero-order chi connectivity index (χ0) is 37.4. The van der Waals surface area contributed by atoms with Crippen molar-refractivity contribution in [3.63, 3.8) is 0 Å². The van der Waals surface area contributed by atoms with Crippen LogP contribution in [0.5, 0.6) is 0 Å². The summed E-state index contributed by atoms with van der Waals surface area (Å²) in [6.45, 7) is 24.7. The summed E-state index contributed by atoms with van der Waals surface area (Å²) in [6.07, 6.45) is 25.1. The number of rotatable bonds is 23. The molecule has 0 aliphatic carbocycles. The largest absolute Gasteiger partial charge is 2.00 e. The van der Waals surface area contributed by atoms with E-state index in [4.69, 9.17) is 0 Å². The van der Waals surface area contributed by atoms with Gasteiger partial charge in [-0.1, -0.05) is 143 Å². The minimum Gasteiger partial charge on any atom is -0.348 e. The van der Waals surface area contributed by atoms with Crippen molar-refractivity contribution in [2.45, 2.75) is 197 Å². The van der Waals surface area contributed by atoms with Gasteiger partial charge in [0.2, 0.25) is 0 Å². The normalized spacial score (nSPS) is 10.8. The Morgan fingerprint density at radius 3 is 1.18 bits per heavy atom. The van der Waals surface area contributed by atoms with Crippen molar-refractivity contribution in [3.8, 4) is 0 Å². The van der Waals surface area contributed by atoms with E-state index in [1.807, 2.05) is 13.8 Å². The van der Waals surface area contributed by atoms with Crippen molar-refractivity contribution < 1.29 is 21.3 Å². The molecular formula is C48H78N2Ni.